The minimum absolute atomic E-state index is 0.0367. The van der Waals surface area contributed by atoms with Crippen LogP contribution in [0.4, 0.5) is 11.4 Å². The van der Waals surface area contributed by atoms with Crippen LogP contribution in [0.3, 0.4) is 0 Å². The summed E-state index contributed by atoms with van der Waals surface area (Å²) >= 11 is 0. The molecule has 0 aliphatic carbocycles. The summed E-state index contributed by atoms with van der Waals surface area (Å²) < 4.78 is 0. The molecule has 2 rings (SSSR count). The average Bonchev–Trinajstić information content (AvgIpc) is 2.37. The minimum Gasteiger partial charge on any atom is -0.377 e. The molecule has 1 atom stereocenters. The number of fused-ring (bicyclic) bond motifs is 1. The normalized spacial score (nSPS) is 17.9. The second-order valence-electron chi connectivity index (χ2n) is 6.26. The first-order valence-electron chi connectivity index (χ1n) is 7.33. The molecule has 1 unspecified atom stereocenters. The van der Waals surface area contributed by atoms with Gasteiger partial charge in [0.25, 0.3) is 0 Å². The van der Waals surface area contributed by atoms with Crippen LogP contribution in [-0.4, -0.2) is 30.6 Å². The summed E-state index contributed by atoms with van der Waals surface area (Å²) in [6.45, 7) is 9.65. The first-order chi connectivity index (χ1) is 9.41. The van der Waals surface area contributed by atoms with Crippen molar-refractivity contribution in [2.75, 3.05) is 23.3 Å². The molecule has 1 aliphatic heterocycles. The zero-order valence-corrected chi connectivity index (χ0v) is 12.9. The Labute approximate surface area is 121 Å². The Hall–Kier alpha value is -1.71. The van der Waals surface area contributed by atoms with E-state index in [2.05, 4.69) is 48.4 Å². The number of rotatable bonds is 4. The van der Waals surface area contributed by atoms with E-state index in [-0.39, 0.29) is 17.5 Å². The molecule has 0 saturated heterocycles. The second-order valence-corrected chi connectivity index (χ2v) is 6.26. The number of para-hydroxylation sites is 2. The molecule has 0 radical (unpaired) electrons. The van der Waals surface area contributed by atoms with Crippen molar-refractivity contribution in [2.24, 2.45) is 0 Å². The third-order valence-corrected chi connectivity index (χ3v) is 3.66. The number of benzene rings is 1. The molecule has 4 heteroatoms. The van der Waals surface area contributed by atoms with E-state index >= 15 is 0 Å². The van der Waals surface area contributed by atoms with Crippen molar-refractivity contribution in [3.8, 4) is 0 Å². The summed E-state index contributed by atoms with van der Waals surface area (Å²) in [6, 6.07) is 8.39. The Kier molecular flexibility index (Phi) is 4.21. The van der Waals surface area contributed by atoms with Crippen molar-refractivity contribution < 1.29 is 4.79 Å². The van der Waals surface area contributed by atoms with E-state index in [1.54, 1.807) is 0 Å². The Morgan fingerprint density at radius 3 is 2.85 bits per heavy atom. The van der Waals surface area contributed by atoms with Gasteiger partial charge in [0.05, 0.1) is 17.9 Å². The summed E-state index contributed by atoms with van der Waals surface area (Å²) in [5.74, 6) is 0.0897. The molecule has 2 N–H and O–H groups in total. The maximum absolute atomic E-state index is 12.1. The van der Waals surface area contributed by atoms with Crippen LogP contribution < -0.4 is 15.5 Å². The number of amides is 1. The molecule has 1 heterocycles. The van der Waals surface area contributed by atoms with Crippen molar-refractivity contribution in [1.29, 1.82) is 0 Å². The number of carbonyl (C=O) groups is 1. The molecular weight excluding hydrogens is 250 g/mol. The van der Waals surface area contributed by atoms with Gasteiger partial charge in [-0.05, 0) is 39.3 Å². The molecule has 0 bridgehead atoms. The molecule has 1 aliphatic rings. The fourth-order valence-electron chi connectivity index (χ4n) is 2.56. The molecule has 1 aromatic carbocycles. The fraction of sp³-hybridized carbons (Fsp3) is 0.562. The van der Waals surface area contributed by atoms with Gasteiger partial charge < -0.3 is 15.5 Å². The highest BCUT2D eigenvalue weighted by Crippen LogP contribution is 2.33. The molecule has 4 nitrogen and oxygen atoms in total. The fourth-order valence-corrected chi connectivity index (χ4v) is 2.56. The number of nitrogens with one attached hydrogen (secondary N) is 2. The van der Waals surface area contributed by atoms with E-state index in [1.807, 2.05) is 19.1 Å². The van der Waals surface area contributed by atoms with E-state index in [0.29, 0.717) is 6.54 Å². The number of hydrogen-bond donors (Lipinski definition) is 2. The number of hydrogen-bond acceptors (Lipinski definition) is 3. The van der Waals surface area contributed by atoms with Gasteiger partial charge in [-0.3, -0.25) is 4.79 Å². The Morgan fingerprint density at radius 1 is 1.45 bits per heavy atom. The van der Waals surface area contributed by atoms with Gasteiger partial charge in [0.2, 0.25) is 5.91 Å². The lowest BCUT2D eigenvalue weighted by Crippen LogP contribution is -2.51. The van der Waals surface area contributed by atoms with Crippen LogP contribution in [0.2, 0.25) is 0 Å². The van der Waals surface area contributed by atoms with Gasteiger partial charge in [-0.1, -0.05) is 19.1 Å². The molecule has 1 amide bonds. The predicted molar refractivity (Wildman–Crippen MR) is 84.3 cm³/mol. The highest BCUT2D eigenvalue weighted by Gasteiger charge is 2.30. The maximum atomic E-state index is 12.1. The smallest absolute Gasteiger partial charge is 0.239 e. The van der Waals surface area contributed by atoms with Crippen LogP contribution in [0.15, 0.2) is 24.3 Å². The molecule has 0 saturated carbocycles. The summed E-state index contributed by atoms with van der Waals surface area (Å²) in [5.41, 5.74) is 2.16. The molecule has 20 heavy (non-hydrogen) atoms. The van der Waals surface area contributed by atoms with E-state index in [0.717, 1.165) is 24.3 Å². The Balaban J connectivity index is 2.13. The second kappa shape index (κ2) is 5.73. The number of nitrogens with zero attached hydrogens (tertiary/aromatic N) is 1. The van der Waals surface area contributed by atoms with E-state index in [9.17, 15) is 4.79 Å². The summed E-state index contributed by atoms with van der Waals surface area (Å²) in [6.07, 6.45) is 0.954. The van der Waals surface area contributed by atoms with Gasteiger partial charge in [0.1, 0.15) is 0 Å². The summed E-state index contributed by atoms with van der Waals surface area (Å²) in [4.78, 5) is 14.3. The maximum Gasteiger partial charge on any atom is 0.239 e. The number of carbonyl (C=O) groups excluding carboxylic acids is 1. The van der Waals surface area contributed by atoms with Crippen molar-refractivity contribution in [1.82, 2.24) is 5.32 Å². The van der Waals surface area contributed by atoms with E-state index in [4.69, 9.17) is 0 Å². The minimum atomic E-state index is -0.0367. The van der Waals surface area contributed by atoms with Crippen LogP contribution in [0, 0.1) is 0 Å². The molecule has 110 valence electrons. The van der Waals surface area contributed by atoms with Gasteiger partial charge in [-0.15, -0.1) is 0 Å². The van der Waals surface area contributed by atoms with Gasteiger partial charge >= 0.3 is 0 Å². The predicted octanol–water partition coefficient (Wildman–Crippen LogP) is 2.61. The Morgan fingerprint density at radius 2 is 2.15 bits per heavy atom. The van der Waals surface area contributed by atoms with Crippen LogP contribution in [0.5, 0.6) is 0 Å². The third kappa shape index (κ3) is 3.44. The molecule has 0 spiro atoms. The van der Waals surface area contributed by atoms with Gasteiger partial charge in [-0.25, -0.2) is 0 Å². The first kappa shape index (κ1) is 14.7. The summed E-state index contributed by atoms with van der Waals surface area (Å²) in [5, 5.41) is 6.55. The third-order valence-electron chi connectivity index (χ3n) is 3.66. The average molecular weight is 275 g/mol. The van der Waals surface area contributed by atoms with Crippen molar-refractivity contribution >= 4 is 17.3 Å². The van der Waals surface area contributed by atoms with Crippen molar-refractivity contribution in [2.45, 2.75) is 45.7 Å². The monoisotopic (exact) mass is 275 g/mol. The highest BCUT2D eigenvalue weighted by molar-refractivity contribution is 5.84. The SMILES string of the molecule is CCC(C)NC(=O)CN1CC(C)(C)Nc2ccccc21. The van der Waals surface area contributed by atoms with Gasteiger partial charge in [0.15, 0.2) is 0 Å². The van der Waals surface area contributed by atoms with Crippen LogP contribution in [-0.2, 0) is 4.79 Å². The quantitative estimate of drug-likeness (QED) is 0.888. The summed E-state index contributed by atoms with van der Waals surface area (Å²) in [7, 11) is 0. The molecule has 0 fully saturated rings. The lowest BCUT2D eigenvalue weighted by Gasteiger charge is -2.41. The van der Waals surface area contributed by atoms with E-state index in [1.165, 1.54) is 0 Å². The lowest BCUT2D eigenvalue weighted by atomic mass is 9.99. The van der Waals surface area contributed by atoms with Gasteiger partial charge in [0, 0.05) is 18.1 Å². The van der Waals surface area contributed by atoms with Crippen molar-refractivity contribution in [3.63, 3.8) is 0 Å². The molecular formula is C16H25N3O. The number of anilines is 2. The standard InChI is InChI=1S/C16H25N3O/c1-5-12(2)17-15(20)10-19-11-16(3,4)18-13-8-6-7-9-14(13)19/h6-9,12,18H,5,10-11H2,1-4H3,(H,17,20). The molecule has 1 aromatic rings. The van der Waals surface area contributed by atoms with E-state index < -0.39 is 0 Å². The van der Waals surface area contributed by atoms with Crippen LogP contribution in [0.25, 0.3) is 0 Å². The molecule has 0 aromatic heterocycles. The Bertz CT molecular complexity index is 484. The lowest BCUT2D eigenvalue weighted by molar-refractivity contribution is -0.120. The van der Waals surface area contributed by atoms with Crippen molar-refractivity contribution in [3.05, 3.63) is 24.3 Å². The van der Waals surface area contributed by atoms with Crippen LogP contribution >= 0.6 is 0 Å². The zero-order valence-electron chi connectivity index (χ0n) is 12.9. The first-order valence-corrected chi connectivity index (χ1v) is 7.33. The van der Waals surface area contributed by atoms with Crippen LogP contribution in [0.1, 0.15) is 34.1 Å². The zero-order chi connectivity index (χ0) is 14.8. The van der Waals surface area contributed by atoms with Gasteiger partial charge in [-0.2, -0.15) is 0 Å². The highest BCUT2D eigenvalue weighted by atomic mass is 16.2. The largest absolute Gasteiger partial charge is 0.377 e. The topological polar surface area (TPSA) is 44.4 Å².